The SMILES string of the molecule is NCc1ccc(Cl)c(C2=NN(c3ccc(C(F)(F)F)cc3)CN2)c1. The van der Waals surface area contributed by atoms with Crippen LogP contribution in [-0.4, -0.2) is 12.5 Å². The van der Waals surface area contributed by atoms with Gasteiger partial charge in [0, 0.05) is 12.1 Å². The summed E-state index contributed by atoms with van der Waals surface area (Å²) in [6.45, 7) is 0.712. The molecule has 3 N–H and O–H groups in total. The van der Waals surface area contributed by atoms with Crippen molar-refractivity contribution in [3.8, 4) is 0 Å². The van der Waals surface area contributed by atoms with Crippen LogP contribution in [-0.2, 0) is 12.7 Å². The summed E-state index contributed by atoms with van der Waals surface area (Å²) < 4.78 is 37.9. The van der Waals surface area contributed by atoms with E-state index in [1.807, 2.05) is 12.1 Å². The first kappa shape index (κ1) is 16.6. The standard InChI is InChI=1S/C16H14ClF3N4/c17-14-6-1-10(8-21)7-13(14)15-22-9-24(23-15)12-4-2-11(3-5-12)16(18,19)20/h1-7H,8-9,21H2,(H,22,23). The van der Waals surface area contributed by atoms with E-state index >= 15 is 0 Å². The predicted molar refractivity (Wildman–Crippen MR) is 87.8 cm³/mol. The average molecular weight is 355 g/mol. The summed E-state index contributed by atoms with van der Waals surface area (Å²) in [7, 11) is 0. The van der Waals surface area contributed by atoms with Crippen LogP contribution in [0.25, 0.3) is 0 Å². The minimum Gasteiger partial charge on any atom is -0.349 e. The third-order valence-electron chi connectivity index (χ3n) is 3.63. The number of hydrogen-bond acceptors (Lipinski definition) is 4. The average Bonchev–Trinajstić information content (AvgIpc) is 3.04. The number of hydrazone groups is 1. The van der Waals surface area contributed by atoms with Gasteiger partial charge in [-0.1, -0.05) is 17.7 Å². The van der Waals surface area contributed by atoms with Gasteiger partial charge in [0.15, 0.2) is 5.84 Å². The second-order valence-electron chi connectivity index (χ2n) is 5.25. The van der Waals surface area contributed by atoms with E-state index in [2.05, 4.69) is 10.4 Å². The zero-order valence-electron chi connectivity index (χ0n) is 12.4. The van der Waals surface area contributed by atoms with E-state index in [1.165, 1.54) is 12.1 Å². The number of rotatable bonds is 3. The Hall–Kier alpha value is -2.25. The Morgan fingerprint density at radius 2 is 1.88 bits per heavy atom. The predicted octanol–water partition coefficient (Wildman–Crippen LogP) is 3.55. The molecule has 126 valence electrons. The number of halogens is 4. The molecule has 2 aromatic carbocycles. The van der Waals surface area contributed by atoms with Crippen molar-refractivity contribution in [1.29, 1.82) is 0 Å². The van der Waals surface area contributed by atoms with Gasteiger partial charge >= 0.3 is 6.18 Å². The highest BCUT2D eigenvalue weighted by Gasteiger charge is 2.30. The normalized spacial score (nSPS) is 14.5. The van der Waals surface area contributed by atoms with Crippen LogP contribution in [0.2, 0.25) is 5.02 Å². The van der Waals surface area contributed by atoms with Crippen molar-refractivity contribution < 1.29 is 13.2 Å². The molecule has 8 heteroatoms. The second-order valence-corrected chi connectivity index (χ2v) is 5.65. The van der Waals surface area contributed by atoms with Gasteiger partial charge in [0.05, 0.1) is 16.3 Å². The van der Waals surface area contributed by atoms with Gasteiger partial charge in [0.1, 0.15) is 6.67 Å². The van der Waals surface area contributed by atoms with Crippen molar-refractivity contribution in [3.63, 3.8) is 0 Å². The van der Waals surface area contributed by atoms with Gasteiger partial charge < -0.3 is 11.1 Å². The highest BCUT2D eigenvalue weighted by atomic mass is 35.5. The first-order valence-corrected chi connectivity index (χ1v) is 7.52. The quantitative estimate of drug-likeness (QED) is 0.886. The molecule has 0 radical (unpaired) electrons. The lowest BCUT2D eigenvalue weighted by Gasteiger charge is -2.13. The molecule has 0 aromatic heterocycles. The van der Waals surface area contributed by atoms with Crippen molar-refractivity contribution in [2.45, 2.75) is 12.7 Å². The molecule has 1 heterocycles. The number of alkyl halides is 3. The van der Waals surface area contributed by atoms with E-state index in [1.54, 1.807) is 11.1 Å². The Bertz CT molecular complexity index is 772. The molecule has 1 aliphatic heterocycles. The summed E-state index contributed by atoms with van der Waals surface area (Å²) in [5.74, 6) is 0.551. The van der Waals surface area contributed by atoms with Gasteiger partial charge in [0.2, 0.25) is 0 Å². The Kier molecular flexibility index (Phi) is 4.38. The summed E-state index contributed by atoms with van der Waals surface area (Å²) in [5.41, 5.74) is 7.10. The molecule has 0 atom stereocenters. The van der Waals surface area contributed by atoms with Gasteiger partial charge in [-0.2, -0.15) is 18.3 Å². The zero-order chi connectivity index (χ0) is 17.3. The number of hydrogen-bond donors (Lipinski definition) is 2. The topological polar surface area (TPSA) is 53.6 Å². The van der Waals surface area contributed by atoms with E-state index in [4.69, 9.17) is 17.3 Å². The molecule has 4 nitrogen and oxygen atoms in total. The van der Waals surface area contributed by atoms with E-state index in [0.717, 1.165) is 17.7 Å². The molecular formula is C16H14ClF3N4. The Balaban J connectivity index is 1.86. The minimum atomic E-state index is -4.35. The molecule has 0 saturated carbocycles. The van der Waals surface area contributed by atoms with Crippen molar-refractivity contribution in [2.24, 2.45) is 10.8 Å². The van der Waals surface area contributed by atoms with E-state index in [9.17, 15) is 13.2 Å². The molecule has 24 heavy (non-hydrogen) atoms. The maximum atomic E-state index is 12.6. The number of nitrogens with one attached hydrogen (secondary N) is 1. The van der Waals surface area contributed by atoms with Crippen molar-refractivity contribution in [2.75, 3.05) is 11.7 Å². The van der Waals surface area contributed by atoms with Crippen molar-refractivity contribution in [1.82, 2.24) is 5.32 Å². The summed E-state index contributed by atoms with van der Waals surface area (Å²) in [4.78, 5) is 0. The van der Waals surface area contributed by atoms with Crippen molar-refractivity contribution >= 4 is 23.1 Å². The summed E-state index contributed by atoms with van der Waals surface area (Å²) in [5, 5.41) is 9.57. The Morgan fingerprint density at radius 3 is 2.50 bits per heavy atom. The third kappa shape index (κ3) is 3.32. The summed E-state index contributed by atoms with van der Waals surface area (Å²) in [6.07, 6.45) is -4.35. The number of amidine groups is 1. The molecule has 2 aromatic rings. The highest BCUT2D eigenvalue weighted by Crippen LogP contribution is 2.31. The van der Waals surface area contributed by atoms with Crippen LogP contribution in [0.15, 0.2) is 47.6 Å². The van der Waals surface area contributed by atoms with Crippen LogP contribution in [0.3, 0.4) is 0 Å². The van der Waals surface area contributed by atoms with Crippen molar-refractivity contribution in [3.05, 3.63) is 64.2 Å². The number of anilines is 1. The summed E-state index contributed by atoms with van der Waals surface area (Å²) in [6, 6.07) is 10.2. The fourth-order valence-electron chi connectivity index (χ4n) is 2.34. The number of benzene rings is 2. The molecule has 0 aliphatic carbocycles. The molecule has 0 spiro atoms. The zero-order valence-corrected chi connectivity index (χ0v) is 13.2. The highest BCUT2D eigenvalue weighted by molar-refractivity contribution is 6.34. The molecular weight excluding hydrogens is 341 g/mol. The second kappa shape index (κ2) is 6.33. The van der Waals surface area contributed by atoms with Gasteiger partial charge in [-0.15, -0.1) is 0 Å². The molecule has 1 aliphatic rings. The molecule has 0 bridgehead atoms. The molecule has 0 saturated heterocycles. The Morgan fingerprint density at radius 1 is 1.17 bits per heavy atom. The van der Waals surface area contributed by atoms with Gasteiger partial charge in [0.25, 0.3) is 0 Å². The maximum Gasteiger partial charge on any atom is 0.416 e. The van der Waals surface area contributed by atoms with Gasteiger partial charge in [-0.05, 0) is 42.0 Å². The first-order chi connectivity index (χ1) is 11.4. The van der Waals surface area contributed by atoms with E-state index in [-0.39, 0.29) is 0 Å². The van der Waals surface area contributed by atoms with Gasteiger partial charge in [-0.3, -0.25) is 0 Å². The van der Waals surface area contributed by atoms with Crippen LogP contribution in [0.5, 0.6) is 0 Å². The van der Waals surface area contributed by atoms with Crippen LogP contribution in [0.4, 0.5) is 18.9 Å². The molecule has 0 amide bonds. The Labute approximate surface area is 141 Å². The maximum absolute atomic E-state index is 12.6. The minimum absolute atomic E-state index is 0.337. The smallest absolute Gasteiger partial charge is 0.349 e. The van der Waals surface area contributed by atoms with Crippen LogP contribution >= 0.6 is 11.6 Å². The molecule has 3 rings (SSSR count). The monoisotopic (exact) mass is 354 g/mol. The van der Waals surface area contributed by atoms with E-state index < -0.39 is 11.7 Å². The van der Waals surface area contributed by atoms with Crippen LogP contribution in [0.1, 0.15) is 16.7 Å². The van der Waals surface area contributed by atoms with Crippen LogP contribution in [0, 0.1) is 0 Å². The van der Waals surface area contributed by atoms with Gasteiger partial charge in [-0.25, -0.2) is 5.01 Å². The third-order valence-corrected chi connectivity index (χ3v) is 3.96. The molecule has 0 unspecified atom stereocenters. The lowest BCUT2D eigenvalue weighted by Crippen LogP contribution is -2.24. The molecule has 0 fully saturated rings. The first-order valence-electron chi connectivity index (χ1n) is 7.14. The van der Waals surface area contributed by atoms with E-state index in [0.29, 0.717) is 35.3 Å². The largest absolute Gasteiger partial charge is 0.416 e. The lowest BCUT2D eigenvalue weighted by atomic mass is 10.1. The number of nitrogens with two attached hydrogens (primary N) is 1. The fourth-order valence-corrected chi connectivity index (χ4v) is 2.55. The van der Waals surface area contributed by atoms with Crippen LogP contribution < -0.4 is 16.1 Å². The fraction of sp³-hybridized carbons (Fsp3) is 0.188. The lowest BCUT2D eigenvalue weighted by molar-refractivity contribution is -0.137. The summed E-state index contributed by atoms with van der Waals surface area (Å²) >= 11 is 6.19. The number of nitrogens with zero attached hydrogens (tertiary/aromatic N) is 2.